The van der Waals surface area contributed by atoms with E-state index in [-0.39, 0.29) is 5.56 Å². The van der Waals surface area contributed by atoms with Crippen LogP contribution in [0.4, 0.5) is 14.5 Å². The third kappa shape index (κ3) is 2.98. The summed E-state index contributed by atoms with van der Waals surface area (Å²) in [5, 5.41) is 3.15. The number of nitrogens with one attached hydrogen (secondary N) is 1. The van der Waals surface area contributed by atoms with Crippen LogP contribution in [0, 0.1) is 0 Å². The van der Waals surface area contributed by atoms with E-state index in [4.69, 9.17) is 0 Å². The van der Waals surface area contributed by atoms with Crippen LogP contribution in [0.3, 0.4) is 0 Å². The molecule has 0 fully saturated rings. The van der Waals surface area contributed by atoms with Gasteiger partial charge in [0, 0.05) is 17.3 Å². The minimum atomic E-state index is -2.39. The van der Waals surface area contributed by atoms with Crippen molar-refractivity contribution in [3.63, 3.8) is 0 Å². The highest BCUT2D eigenvalue weighted by Gasteiger charge is 2.07. The van der Waals surface area contributed by atoms with Crippen molar-refractivity contribution in [3.8, 4) is 0 Å². The van der Waals surface area contributed by atoms with Gasteiger partial charge in [0.25, 0.3) is 6.43 Å². The van der Waals surface area contributed by atoms with Crippen LogP contribution in [0.25, 0.3) is 0 Å². The van der Waals surface area contributed by atoms with Crippen molar-refractivity contribution in [1.82, 2.24) is 0 Å². The van der Waals surface area contributed by atoms with Crippen LogP contribution >= 0.6 is 0 Å². The molecule has 0 saturated heterocycles. The Hall–Kier alpha value is -1.12. The average Bonchev–Trinajstić information content (AvgIpc) is 2.18. The fourth-order valence-electron chi connectivity index (χ4n) is 1.15. The number of alkyl halides is 2. The lowest BCUT2D eigenvalue weighted by Crippen LogP contribution is -2.13. The van der Waals surface area contributed by atoms with Crippen molar-refractivity contribution in [1.29, 1.82) is 0 Å². The Morgan fingerprint density at radius 3 is 2.64 bits per heavy atom. The third-order valence-electron chi connectivity index (χ3n) is 2.16. The summed E-state index contributed by atoms with van der Waals surface area (Å²) in [6.07, 6.45) is -1.42. The van der Waals surface area contributed by atoms with Crippen LogP contribution in [0.2, 0.25) is 0 Å². The van der Waals surface area contributed by atoms with Gasteiger partial charge in [-0.3, -0.25) is 0 Å². The van der Waals surface area contributed by atoms with Crippen LogP contribution in [-0.2, 0) is 0 Å². The molecule has 78 valence electrons. The minimum absolute atomic E-state index is 0.0679. The first-order chi connectivity index (χ1) is 6.63. The van der Waals surface area contributed by atoms with Gasteiger partial charge < -0.3 is 5.32 Å². The summed E-state index contributed by atoms with van der Waals surface area (Å²) in [6.45, 7) is 4.07. The van der Waals surface area contributed by atoms with E-state index in [1.807, 2.05) is 6.92 Å². The molecule has 0 aliphatic carbocycles. The van der Waals surface area contributed by atoms with Crippen LogP contribution in [0.1, 0.15) is 32.3 Å². The van der Waals surface area contributed by atoms with Crippen molar-refractivity contribution in [2.24, 2.45) is 0 Å². The molecule has 0 bridgehead atoms. The molecule has 1 atom stereocenters. The Morgan fingerprint density at radius 1 is 1.36 bits per heavy atom. The van der Waals surface area contributed by atoms with Gasteiger partial charge in [0.1, 0.15) is 0 Å². The summed E-state index contributed by atoms with van der Waals surface area (Å²) in [4.78, 5) is 0. The average molecular weight is 199 g/mol. The molecule has 1 rings (SSSR count). The van der Waals surface area contributed by atoms with E-state index in [1.54, 1.807) is 12.1 Å². The molecular weight excluding hydrogens is 184 g/mol. The maximum atomic E-state index is 12.3. The fraction of sp³-hybridized carbons (Fsp3) is 0.455. The number of hydrogen-bond donors (Lipinski definition) is 1. The van der Waals surface area contributed by atoms with Gasteiger partial charge in [-0.2, -0.15) is 0 Å². The molecule has 14 heavy (non-hydrogen) atoms. The zero-order chi connectivity index (χ0) is 10.6. The van der Waals surface area contributed by atoms with Gasteiger partial charge in [0.05, 0.1) is 0 Å². The molecule has 0 amide bonds. The maximum Gasteiger partial charge on any atom is 0.263 e. The van der Waals surface area contributed by atoms with E-state index < -0.39 is 6.43 Å². The van der Waals surface area contributed by atoms with Gasteiger partial charge in [-0.25, -0.2) is 8.78 Å². The molecule has 0 spiro atoms. The minimum Gasteiger partial charge on any atom is -0.383 e. The lowest BCUT2D eigenvalue weighted by Gasteiger charge is -2.13. The Balaban J connectivity index is 2.73. The summed E-state index contributed by atoms with van der Waals surface area (Å²) in [7, 11) is 0. The number of benzene rings is 1. The molecule has 0 aromatic heterocycles. The van der Waals surface area contributed by atoms with Gasteiger partial charge in [0.15, 0.2) is 0 Å². The SMILES string of the molecule is CCC(C)Nc1cccc(C(F)F)c1. The highest BCUT2D eigenvalue weighted by atomic mass is 19.3. The first kappa shape index (κ1) is 11.0. The van der Waals surface area contributed by atoms with Crippen LogP contribution < -0.4 is 5.32 Å². The Labute approximate surface area is 83.1 Å². The van der Waals surface area contributed by atoms with E-state index in [1.165, 1.54) is 12.1 Å². The number of hydrogen-bond acceptors (Lipinski definition) is 1. The van der Waals surface area contributed by atoms with Gasteiger partial charge in [0.2, 0.25) is 0 Å². The van der Waals surface area contributed by atoms with Crippen molar-refractivity contribution < 1.29 is 8.78 Å². The quantitative estimate of drug-likeness (QED) is 0.777. The van der Waals surface area contributed by atoms with E-state index in [9.17, 15) is 8.78 Å². The third-order valence-corrected chi connectivity index (χ3v) is 2.16. The second-order valence-electron chi connectivity index (χ2n) is 3.38. The van der Waals surface area contributed by atoms with Crippen LogP contribution in [0.15, 0.2) is 24.3 Å². The van der Waals surface area contributed by atoms with Gasteiger partial charge >= 0.3 is 0 Å². The molecular formula is C11H15F2N. The second-order valence-corrected chi connectivity index (χ2v) is 3.38. The number of anilines is 1. The molecule has 0 radical (unpaired) electrons. The Morgan fingerprint density at radius 2 is 2.07 bits per heavy atom. The molecule has 0 saturated carbocycles. The first-order valence-electron chi connectivity index (χ1n) is 4.78. The second kappa shape index (κ2) is 4.94. The summed E-state index contributed by atoms with van der Waals surface area (Å²) >= 11 is 0. The van der Waals surface area contributed by atoms with Gasteiger partial charge in [-0.1, -0.05) is 19.1 Å². The van der Waals surface area contributed by atoms with Crippen molar-refractivity contribution in [3.05, 3.63) is 29.8 Å². The maximum absolute atomic E-state index is 12.3. The predicted molar refractivity (Wildman–Crippen MR) is 54.8 cm³/mol. The highest BCUT2D eigenvalue weighted by molar-refractivity contribution is 5.46. The summed E-state index contributed by atoms with van der Waals surface area (Å²) in [5.74, 6) is 0. The number of halogens is 2. The van der Waals surface area contributed by atoms with Crippen molar-refractivity contribution in [2.75, 3.05) is 5.32 Å². The summed E-state index contributed by atoms with van der Waals surface area (Å²) in [5.41, 5.74) is 0.829. The number of rotatable bonds is 4. The van der Waals surface area contributed by atoms with E-state index >= 15 is 0 Å². The fourth-order valence-corrected chi connectivity index (χ4v) is 1.15. The lowest BCUT2D eigenvalue weighted by molar-refractivity contribution is 0.151. The molecule has 1 aromatic carbocycles. The van der Waals surface area contributed by atoms with Crippen LogP contribution in [-0.4, -0.2) is 6.04 Å². The highest BCUT2D eigenvalue weighted by Crippen LogP contribution is 2.22. The normalized spacial score (nSPS) is 12.9. The molecule has 0 aliphatic rings. The molecule has 1 N–H and O–H groups in total. The van der Waals surface area contributed by atoms with E-state index in [2.05, 4.69) is 12.2 Å². The standard InChI is InChI=1S/C11H15F2N/c1-3-8(2)14-10-6-4-5-9(7-10)11(12)13/h4-8,11,14H,3H2,1-2H3. The predicted octanol–water partition coefficient (Wildman–Crippen LogP) is 3.83. The van der Waals surface area contributed by atoms with E-state index in [0.717, 1.165) is 12.1 Å². The topological polar surface area (TPSA) is 12.0 Å². The first-order valence-corrected chi connectivity index (χ1v) is 4.78. The Kier molecular flexibility index (Phi) is 3.86. The summed E-state index contributed by atoms with van der Waals surface area (Å²) in [6, 6.07) is 6.69. The monoisotopic (exact) mass is 199 g/mol. The smallest absolute Gasteiger partial charge is 0.263 e. The summed E-state index contributed by atoms with van der Waals surface area (Å²) < 4.78 is 24.7. The van der Waals surface area contributed by atoms with Crippen molar-refractivity contribution in [2.45, 2.75) is 32.7 Å². The lowest BCUT2D eigenvalue weighted by atomic mass is 10.2. The van der Waals surface area contributed by atoms with Gasteiger partial charge in [-0.15, -0.1) is 0 Å². The van der Waals surface area contributed by atoms with E-state index in [0.29, 0.717) is 6.04 Å². The molecule has 1 nitrogen and oxygen atoms in total. The zero-order valence-electron chi connectivity index (χ0n) is 8.43. The molecule has 0 aliphatic heterocycles. The molecule has 3 heteroatoms. The zero-order valence-corrected chi connectivity index (χ0v) is 8.43. The Bertz CT molecular complexity index is 286. The largest absolute Gasteiger partial charge is 0.383 e. The molecule has 1 unspecified atom stereocenters. The van der Waals surface area contributed by atoms with Gasteiger partial charge in [-0.05, 0) is 25.5 Å². The molecule has 1 aromatic rings. The van der Waals surface area contributed by atoms with Crippen LogP contribution in [0.5, 0.6) is 0 Å². The molecule has 0 heterocycles. The van der Waals surface area contributed by atoms with Crippen molar-refractivity contribution >= 4 is 5.69 Å².